The summed E-state index contributed by atoms with van der Waals surface area (Å²) in [5, 5.41) is 11.8. The van der Waals surface area contributed by atoms with E-state index in [0.717, 1.165) is 12.3 Å². The molecule has 114 valence electrons. The lowest BCUT2D eigenvalue weighted by Crippen LogP contribution is -2.47. The summed E-state index contributed by atoms with van der Waals surface area (Å²) in [6.45, 7) is 7.41. The van der Waals surface area contributed by atoms with Crippen LogP contribution in [0.15, 0.2) is 18.2 Å². The Hall–Kier alpha value is -1.69. The summed E-state index contributed by atoms with van der Waals surface area (Å²) < 4.78 is 0.0681. The van der Waals surface area contributed by atoms with Gasteiger partial charge in [-0.15, -0.1) is 0 Å². The Bertz CT molecular complexity index is 572. The maximum absolute atomic E-state index is 12.3. The summed E-state index contributed by atoms with van der Waals surface area (Å²) in [5.41, 5.74) is 1.51. The maximum Gasteiger partial charge on any atom is 0.335 e. The van der Waals surface area contributed by atoms with Crippen molar-refractivity contribution in [2.24, 2.45) is 0 Å². The van der Waals surface area contributed by atoms with E-state index >= 15 is 0 Å². The van der Waals surface area contributed by atoms with Crippen LogP contribution in [0.25, 0.3) is 0 Å². The van der Waals surface area contributed by atoms with Crippen molar-refractivity contribution in [3.63, 3.8) is 0 Å². The van der Waals surface area contributed by atoms with Gasteiger partial charge in [-0.25, -0.2) is 9.59 Å². The third-order valence-electron chi connectivity index (χ3n) is 3.42. The predicted octanol–water partition coefficient (Wildman–Crippen LogP) is 3.05. The summed E-state index contributed by atoms with van der Waals surface area (Å²) >= 11 is 1.87. The van der Waals surface area contributed by atoms with E-state index in [-0.39, 0.29) is 16.3 Å². The number of carbonyl (C=O) groups excluding carboxylic acids is 1. The Balaban J connectivity index is 2.06. The van der Waals surface area contributed by atoms with E-state index < -0.39 is 5.97 Å². The molecule has 2 N–H and O–H groups in total. The number of rotatable bonds is 2. The number of thioether (sulfide) groups is 1. The fourth-order valence-electron chi connectivity index (χ4n) is 2.37. The van der Waals surface area contributed by atoms with Gasteiger partial charge in [-0.3, -0.25) is 0 Å². The van der Waals surface area contributed by atoms with Crippen LogP contribution in [0.4, 0.5) is 10.5 Å². The summed E-state index contributed by atoms with van der Waals surface area (Å²) in [7, 11) is 0. The Kier molecular flexibility index (Phi) is 4.46. The number of carboxylic acids is 1. The van der Waals surface area contributed by atoms with Gasteiger partial charge in [-0.05, 0) is 44.5 Å². The van der Waals surface area contributed by atoms with E-state index in [1.165, 1.54) is 6.07 Å². The third-order valence-corrected chi connectivity index (χ3v) is 4.72. The monoisotopic (exact) mass is 308 g/mol. The Morgan fingerprint density at radius 1 is 1.38 bits per heavy atom. The molecule has 2 rings (SSSR count). The number of anilines is 1. The molecule has 1 saturated heterocycles. The molecular weight excluding hydrogens is 288 g/mol. The van der Waals surface area contributed by atoms with Crippen LogP contribution in [0, 0.1) is 6.92 Å². The Morgan fingerprint density at radius 2 is 2.10 bits per heavy atom. The van der Waals surface area contributed by atoms with Gasteiger partial charge in [0.2, 0.25) is 0 Å². The van der Waals surface area contributed by atoms with Crippen molar-refractivity contribution in [3.8, 4) is 0 Å². The molecule has 21 heavy (non-hydrogen) atoms. The van der Waals surface area contributed by atoms with Crippen LogP contribution in [0.2, 0.25) is 0 Å². The molecule has 0 aromatic heterocycles. The minimum absolute atomic E-state index is 0.0681. The van der Waals surface area contributed by atoms with Crippen LogP contribution >= 0.6 is 11.8 Å². The van der Waals surface area contributed by atoms with Gasteiger partial charge in [0.1, 0.15) is 0 Å². The molecule has 0 spiro atoms. The number of nitrogens with zero attached hydrogens (tertiary/aromatic N) is 1. The molecule has 2 amide bonds. The summed E-state index contributed by atoms with van der Waals surface area (Å²) in [5.74, 6) is -0.0302. The molecular formula is C15H20N2O3S. The number of amides is 2. The first-order valence-corrected chi connectivity index (χ1v) is 7.81. The highest BCUT2D eigenvalue weighted by Gasteiger charge is 2.29. The van der Waals surface area contributed by atoms with Crippen molar-refractivity contribution < 1.29 is 14.7 Å². The number of benzene rings is 1. The first-order chi connectivity index (χ1) is 9.78. The number of urea groups is 1. The third kappa shape index (κ3) is 3.91. The summed E-state index contributed by atoms with van der Waals surface area (Å²) in [6, 6.07) is 4.69. The SMILES string of the molecule is Cc1cc(NC(=O)N2CCSC(C)(C)C2)ccc1C(=O)O. The van der Waals surface area contributed by atoms with Crippen LogP contribution in [0.1, 0.15) is 29.8 Å². The van der Waals surface area contributed by atoms with E-state index in [9.17, 15) is 9.59 Å². The summed E-state index contributed by atoms with van der Waals surface area (Å²) in [6.07, 6.45) is 0. The van der Waals surface area contributed by atoms with Gasteiger partial charge in [0.05, 0.1) is 5.56 Å². The number of hydrogen-bond donors (Lipinski definition) is 2. The van der Waals surface area contributed by atoms with Crippen LogP contribution in [0.3, 0.4) is 0 Å². The highest BCUT2D eigenvalue weighted by atomic mass is 32.2. The van der Waals surface area contributed by atoms with E-state index in [2.05, 4.69) is 19.2 Å². The Labute approximate surface area is 128 Å². The zero-order valence-electron chi connectivity index (χ0n) is 12.5. The smallest absolute Gasteiger partial charge is 0.335 e. The first kappa shape index (κ1) is 15.7. The fourth-order valence-corrected chi connectivity index (χ4v) is 3.49. The maximum atomic E-state index is 12.3. The van der Waals surface area contributed by atoms with Crippen molar-refractivity contribution in [2.75, 3.05) is 24.2 Å². The number of aromatic carboxylic acids is 1. The standard InChI is InChI=1S/C15H20N2O3S/c1-10-8-11(4-5-12(10)13(18)19)16-14(20)17-6-7-21-15(2,3)9-17/h4-5,8H,6-7,9H2,1-3H3,(H,16,20)(H,18,19). The molecule has 0 bridgehead atoms. The van der Waals surface area contributed by atoms with E-state index in [1.807, 2.05) is 11.8 Å². The second-order valence-corrected chi connectivity index (χ2v) is 7.60. The van der Waals surface area contributed by atoms with Crippen molar-refractivity contribution in [1.82, 2.24) is 4.90 Å². The lowest BCUT2D eigenvalue weighted by molar-refractivity contribution is 0.0696. The molecule has 0 saturated carbocycles. The number of nitrogens with one attached hydrogen (secondary N) is 1. The zero-order chi connectivity index (χ0) is 15.6. The van der Waals surface area contributed by atoms with Gasteiger partial charge in [0, 0.05) is 29.3 Å². The fraction of sp³-hybridized carbons (Fsp3) is 0.467. The zero-order valence-corrected chi connectivity index (χ0v) is 13.3. The number of hydrogen-bond acceptors (Lipinski definition) is 3. The molecule has 6 heteroatoms. The van der Waals surface area contributed by atoms with Crippen molar-refractivity contribution in [3.05, 3.63) is 29.3 Å². The molecule has 1 aromatic rings. The molecule has 0 radical (unpaired) electrons. The van der Waals surface area contributed by atoms with Gasteiger partial charge in [0.25, 0.3) is 0 Å². The lowest BCUT2D eigenvalue weighted by atomic mass is 10.1. The molecule has 5 nitrogen and oxygen atoms in total. The first-order valence-electron chi connectivity index (χ1n) is 6.82. The predicted molar refractivity (Wildman–Crippen MR) is 85.3 cm³/mol. The minimum atomic E-state index is -0.958. The number of carboxylic acid groups (broad SMARTS) is 1. The van der Waals surface area contributed by atoms with Gasteiger partial charge in [-0.1, -0.05) is 0 Å². The largest absolute Gasteiger partial charge is 0.478 e. The van der Waals surface area contributed by atoms with Gasteiger partial charge < -0.3 is 15.3 Å². The van der Waals surface area contributed by atoms with Gasteiger partial charge >= 0.3 is 12.0 Å². The highest BCUT2D eigenvalue weighted by Crippen LogP contribution is 2.29. The highest BCUT2D eigenvalue weighted by molar-refractivity contribution is 8.00. The topological polar surface area (TPSA) is 69.6 Å². The minimum Gasteiger partial charge on any atom is -0.478 e. The van der Waals surface area contributed by atoms with Gasteiger partial charge in [0.15, 0.2) is 0 Å². The molecule has 1 aliphatic rings. The number of aryl methyl sites for hydroxylation is 1. The molecule has 0 unspecified atom stereocenters. The van der Waals surface area contributed by atoms with Crippen molar-refractivity contribution in [1.29, 1.82) is 0 Å². The molecule has 1 heterocycles. The summed E-state index contributed by atoms with van der Waals surface area (Å²) in [4.78, 5) is 25.1. The molecule has 0 aliphatic carbocycles. The van der Waals surface area contributed by atoms with Crippen LogP contribution in [0.5, 0.6) is 0 Å². The lowest BCUT2D eigenvalue weighted by Gasteiger charge is -2.37. The quantitative estimate of drug-likeness (QED) is 0.881. The average molecular weight is 308 g/mol. The normalized spacial score (nSPS) is 17.4. The van der Waals surface area contributed by atoms with Crippen molar-refractivity contribution >= 4 is 29.4 Å². The Morgan fingerprint density at radius 3 is 2.67 bits per heavy atom. The second kappa shape index (κ2) is 5.97. The van der Waals surface area contributed by atoms with Crippen LogP contribution in [-0.4, -0.2) is 45.6 Å². The van der Waals surface area contributed by atoms with Crippen LogP contribution < -0.4 is 5.32 Å². The van der Waals surface area contributed by atoms with Gasteiger partial charge in [-0.2, -0.15) is 11.8 Å². The van der Waals surface area contributed by atoms with E-state index in [4.69, 9.17) is 5.11 Å². The van der Waals surface area contributed by atoms with E-state index in [1.54, 1.807) is 24.0 Å². The average Bonchev–Trinajstić information content (AvgIpc) is 2.37. The molecule has 1 aliphatic heterocycles. The second-order valence-electron chi connectivity index (χ2n) is 5.79. The number of carbonyl (C=O) groups is 2. The van der Waals surface area contributed by atoms with Crippen molar-refractivity contribution in [2.45, 2.75) is 25.5 Å². The van der Waals surface area contributed by atoms with E-state index in [0.29, 0.717) is 17.8 Å². The molecule has 1 aromatic carbocycles. The van der Waals surface area contributed by atoms with Crippen LogP contribution in [-0.2, 0) is 0 Å². The molecule has 0 atom stereocenters. The molecule has 1 fully saturated rings.